The molecule has 0 aliphatic carbocycles. The van der Waals surface area contributed by atoms with Crippen molar-refractivity contribution >= 4 is 152 Å². The molecule has 0 aliphatic rings. The van der Waals surface area contributed by atoms with Crippen molar-refractivity contribution in [1.29, 1.82) is 0 Å². The van der Waals surface area contributed by atoms with E-state index in [4.69, 9.17) is 8.83 Å². The van der Waals surface area contributed by atoms with Crippen LogP contribution in [0.4, 0.5) is 0 Å². The predicted octanol–water partition coefficient (Wildman–Crippen LogP) is 35.4. The number of fused-ring (bicyclic) bond motifs is 17. The lowest BCUT2D eigenvalue weighted by Crippen LogP contribution is -1.92. The van der Waals surface area contributed by atoms with Crippen LogP contribution in [0.25, 0.3) is 252 Å². The Bertz CT molecular complexity index is 8680. The molecule has 0 radical (unpaired) electrons. The number of hydrogen-bond donors (Lipinski definition) is 0. The Kier molecular flexibility index (Phi) is 18.0. The van der Waals surface area contributed by atoms with Crippen molar-refractivity contribution in [1.82, 2.24) is 0 Å². The molecule has 26 aromatic rings. The zero-order valence-electron chi connectivity index (χ0n) is 68.8. The molecule has 0 N–H and O–H groups in total. The first kappa shape index (κ1) is 73.4. The molecule has 0 amide bonds. The van der Waals surface area contributed by atoms with Crippen LogP contribution < -0.4 is 0 Å². The van der Waals surface area contributed by atoms with Crippen molar-refractivity contribution in [3.8, 4) is 100 Å². The van der Waals surface area contributed by atoms with Crippen molar-refractivity contribution in [2.45, 2.75) is 0 Å². The predicted molar refractivity (Wildman–Crippen MR) is 538 cm³/mol. The van der Waals surface area contributed by atoms with E-state index in [1.807, 2.05) is 0 Å². The minimum Gasteiger partial charge on any atom is -0.456 e. The van der Waals surface area contributed by atoms with Crippen LogP contribution in [-0.4, -0.2) is 0 Å². The summed E-state index contributed by atoms with van der Waals surface area (Å²) in [6, 6.07) is 171. The van der Waals surface area contributed by atoms with Gasteiger partial charge in [0.25, 0.3) is 0 Å². The molecular weight excluding hydrogens is 1520 g/mol. The lowest BCUT2D eigenvalue weighted by molar-refractivity contribution is 0.669. The smallest absolute Gasteiger partial charge is 0.143 e. The van der Waals surface area contributed by atoms with Gasteiger partial charge in [0.1, 0.15) is 22.3 Å². The van der Waals surface area contributed by atoms with Gasteiger partial charge in [-0.25, -0.2) is 0 Å². The van der Waals surface area contributed by atoms with Gasteiger partial charge in [0.2, 0.25) is 0 Å². The van der Waals surface area contributed by atoms with E-state index >= 15 is 0 Å². The van der Waals surface area contributed by atoms with Crippen LogP contribution >= 0.6 is 0 Å². The molecule has 2 heteroatoms. The summed E-state index contributed by atoms with van der Waals surface area (Å²) in [4.78, 5) is 0. The number of benzene rings is 24. The molecule has 0 atom stereocenters. The van der Waals surface area contributed by atoms with Gasteiger partial charge >= 0.3 is 0 Å². The molecule has 0 fully saturated rings. The standard InChI is InChI=1S/C46H30.C42H26O.C36H22O/c1-2-11-31(12-3-1)38-27-28-43-44(30-38)46(40-20-10-16-34-14-6-7-17-39(34)40)42-19-9-8-18-41(42)45(43)35-24-21-33(22-25-35)37-26-23-32-13-4-5-15-36(32)29-37;1-2-10-28(11-3-1)41-33-14-6-8-16-35(33)42(36-17-9-7-15-34(36)41)29-20-18-27(19-21-29)32-22-23-39-37(25-32)38-24-30-12-4-5-13-31(30)26-40(38)43-39;1-2-11-24(12-3-1)34-28-14-6-8-16-30(28)35(31-17-9-7-15-29(31)34)25-19-20-27-32-21-18-23-10-4-5-13-26(23)36(32)37-33(27)22-25/h1-30H;1-26H;1-22H. The zero-order chi connectivity index (χ0) is 83.1. The molecule has 24 aromatic carbocycles. The minimum absolute atomic E-state index is 0.919. The molecule has 0 spiro atoms. The summed E-state index contributed by atoms with van der Waals surface area (Å²) in [5.74, 6) is 0. The Morgan fingerprint density at radius 1 is 0.111 bits per heavy atom. The average Bonchev–Trinajstić information content (AvgIpc) is 1.41. The summed E-state index contributed by atoms with van der Waals surface area (Å²) in [7, 11) is 0. The fourth-order valence-electron chi connectivity index (χ4n) is 20.1. The van der Waals surface area contributed by atoms with Crippen LogP contribution in [0.5, 0.6) is 0 Å². The van der Waals surface area contributed by atoms with Gasteiger partial charge in [-0.15, -0.1) is 0 Å². The molecule has 0 bridgehead atoms. The van der Waals surface area contributed by atoms with Crippen LogP contribution in [0.3, 0.4) is 0 Å². The van der Waals surface area contributed by atoms with Crippen molar-refractivity contribution in [3.63, 3.8) is 0 Å². The second-order valence-electron chi connectivity index (χ2n) is 33.1. The van der Waals surface area contributed by atoms with Crippen LogP contribution in [0.1, 0.15) is 0 Å². The van der Waals surface area contributed by atoms with Gasteiger partial charge < -0.3 is 8.83 Å². The maximum Gasteiger partial charge on any atom is 0.143 e. The molecule has 586 valence electrons. The molecule has 126 heavy (non-hydrogen) atoms. The third-order valence-electron chi connectivity index (χ3n) is 25.9. The molecule has 0 saturated carbocycles. The van der Waals surface area contributed by atoms with Crippen LogP contribution in [-0.2, 0) is 0 Å². The summed E-state index contributed by atoms with van der Waals surface area (Å²) in [6.45, 7) is 0. The van der Waals surface area contributed by atoms with E-state index in [-0.39, 0.29) is 0 Å². The first-order valence-corrected chi connectivity index (χ1v) is 43.4. The molecule has 26 rings (SSSR count). The SMILES string of the molecule is c1ccc(-c2c3ccccc3c(-c3ccc(-c4ccc5oc6cc7ccccc7cc6c5c4)cc3)c3ccccc23)cc1.c1ccc(-c2c3ccccc3c(-c3ccc4c(c3)oc3c5ccccc5ccc43)c3ccccc23)cc1.c1ccc(-c2ccc3c(-c4ccc(-c5ccc6ccccc6c5)cc4)c4ccccc4c(-c4cccc5ccccc45)c3c2)cc1. The Hall–Kier alpha value is -16.5. The second-order valence-corrected chi connectivity index (χ2v) is 33.1. The van der Waals surface area contributed by atoms with Gasteiger partial charge in [-0.3, -0.25) is 0 Å². The van der Waals surface area contributed by atoms with Gasteiger partial charge in [-0.1, -0.05) is 419 Å². The summed E-state index contributed by atoms with van der Waals surface area (Å²) in [5, 5.41) is 29.6. The monoisotopic (exact) mass is 1600 g/mol. The Morgan fingerprint density at radius 3 is 0.937 bits per heavy atom. The van der Waals surface area contributed by atoms with Crippen molar-refractivity contribution in [3.05, 3.63) is 473 Å². The average molecular weight is 1600 g/mol. The summed E-state index contributed by atoms with van der Waals surface area (Å²) >= 11 is 0. The van der Waals surface area contributed by atoms with E-state index in [0.717, 1.165) is 49.3 Å². The topological polar surface area (TPSA) is 26.3 Å². The largest absolute Gasteiger partial charge is 0.456 e. The highest BCUT2D eigenvalue weighted by Crippen LogP contribution is 2.51. The Labute approximate surface area is 728 Å². The second kappa shape index (κ2) is 30.9. The van der Waals surface area contributed by atoms with Crippen LogP contribution in [0.15, 0.2) is 482 Å². The normalized spacial score (nSPS) is 11.7. The van der Waals surface area contributed by atoms with Crippen molar-refractivity contribution in [2.75, 3.05) is 0 Å². The van der Waals surface area contributed by atoms with Gasteiger partial charge in [-0.2, -0.15) is 0 Å². The van der Waals surface area contributed by atoms with E-state index in [2.05, 4.69) is 473 Å². The van der Waals surface area contributed by atoms with E-state index in [1.165, 1.54) is 202 Å². The maximum atomic E-state index is 6.55. The molecule has 0 aliphatic heterocycles. The summed E-state index contributed by atoms with van der Waals surface area (Å²) < 4.78 is 12.8. The van der Waals surface area contributed by atoms with Crippen molar-refractivity contribution < 1.29 is 8.83 Å². The third kappa shape index (κ3) is 12.7. The molecule has 2 nitrogen and oxygen atoms in total. The van der Waals surface area contributed by atoms with Gasteiger partial charge in [0.15, 0.2) is 0 Å². The summed E-state index contributed by atoms with van der Waals surface area (Å²) in [6.07, 6.45) is 0. The highest BCUT2D eigenvalue weighted by Gasteiger charge is 2.24. The van der Waals surface area contributed by atoms with Crippen LogP contribution in [0.2, 0.25) is 0 Å². The Morgan fingerprint density at radius 2 is 0.413 bits per heavy atom. The van der Waals surface area contributed by atoms with E-state index in [1.54, 1.807) is 0 Å². The zero-order valence-corrected chi connectivity index (χ0v) is 68.8. The molecule has 2 heterocycles. The number of hydrogen-bond acceptors (Lipinski definition) is 2. The fraction of sp³-hybridized carbons (Fsp3) is 0. The number of rotatable bonds is 9. The van der Waals surface area contributed by atoms with Gasteiger partial charge in [0, 0.05) is 26.9 Å². The van der Waals surface area contributed by atoms with Gasteiger partial charge in [-0.05, 0) is 257 Å². The lowest BCUT2D eigenvalue weighted by atomic mass is 9.83. The molecule has 0 saturated heterocycles. The van der Waals surface area contributed by atoms with E-state index in [0.29, 0.717) is 0 Å². The maximum absolute atomic E-state index is 6.55. The summed E-state index contributed by atoms with van der Waals surface area (Å²) in [5.41, 5.74) is 26.0. The fourth-order valence-corrected chi connectivity index (χ4v) is 20.1. The van der Waals surface area contributed by atoms with Crippen LogP contribution in [0, 0.1) is 0 Å². The number of furan rings is 2. The highest BCUT2D eigenvalue weighted by molar-refractivity contribution is 6.27. The Balaban J connectivity index is 0.000000106. The molecule has 2 aromatic heterocycles. The minimum atomic E-state index is 0.919. The first-order valence-electron chi connectivity index (χ1n) is 43.4. The lowest BCUT2D eigenvalue weighted by Gasteiger charge is -2.20. The highest BCUT2D eigenvalue weighted by atomic mass is 16.3. The van der Waals surface area contributed by atoms with E-state index in [9.17, 15) is 0 Å². The molecule has 0 unspecified atom stereocenters. The quantitative estimate of drug-likeness (QED) is 0.135. The van der Waals surface area contributed by atoms with Crippen molar-refractivity contribution in [2.24, 2.45) is 0 Å². The van der Waals surface area contributed by atoms with Gasteiger partial charge in [0.05, 0.1) is 0 Å². The first-order chi connectivity index (χ1) is 62.5. The van der Waals surface area contributed by atoms with E-state index < -0.39 is 0 Å². The third-order valence-corrected chi connectivity index (χ3v) is 25.9. The molecular formula is C124H78O2.